The molecule has 5 atom stereocenters. The highest BCUT2D eigenvalue weighted by Gasteiger charge is 2.49. The Morgan fingerprint density at radius 2 is 2.05 bits per heavy atom. The lowest BCUT2D eigenvalue weighted by molar-refractivity contribution is -0.139. The Labute approximate surface area is 238 Å². The van der Waals surface area contributed by atoms with Gasteiger partial charge in [0, 0.05) is 44.1 Å². The second-order valence-corrected chi connectivity index (χ2v) is 12.5. The van der Waals surface area contributed by atoms with Gasteiger partial charge in [0.1, 0.15) is 24.4 Å². The van der Waals surface area contributed by atoms with Crippen LogP contribution in [0.25, 0.3) is 0 Å². The predicted octanol–water partition coefficient (Wildman–Crippen LogP) is 4.05. The normalized spacial score (nSPS) is 29.9. The van der Waals surface area contributed by atoms with Gasteiger partial charge in [0.2, 0.25) is 0 Å². The molecular weight excluding hydrogens is 538 g/mol. The van der Waals surface area contributed by atoms with E-state index in [1.54, 1.807) is 0 Å². The highest BCUT2D eigenvalue weighted by Crippen LogP contribution is 2.45. The number of fused-ring (bicyclic) bond motifs is 2. The molecule has 3 saturated heterocycles. The molecule has 2 aromatic heterocycles. The lowest BCUT2D eigenvalue weighted by atomic mass is 9.75. The molecule has 8 nitrogen and oxygen atoms in total. The predicted molar refractivity (Wildman–Crippen MR) is 148 cm³/mol. The van der Waals surface area contributed by atoms with E-state index in [9.17, 15) is 17.6 Å². The number of aryl methyl sites for hydroxylation is 1. The second kappa shape index (κ2) is 10.5. The number of anilines is 2. The monoisotopic (exact) mass is 577 g/mol. The number of alkyl halides is 4. The van der Waals surface area contributed by atoms with Gasteiger partial charge < -0.3 is 20.7 Å². The van der Waals surface area contributed by atoms with Crippen molar-refractivity contribution in [2.45, 2.75) is 82.2 Å². The first kappa shape index (κ1) is 28.4. The molecular formula is C29H39F4N7O. The van der Waals surface area contributed by atoms with E-state index in [2.05, 4.69) is 20.1 Å². The van der Waals surface area contributed by atoms with Crippen LogP contribution in [0.15, 0.2) is 6.07 Å². The number of nitrogens with zero attached hydrogens (tertiary/aromatic N) is 5. The summed E-state index contributed by atoms with van der Waals surface area (Å²) in [7, 11) is 2.01. The summed E-state index contributed by atoms with van der Waals surface area (Å²) in [6.07, 6.45) is -1.41. The van der Waals surface area contributed by atoms with Crippen molar-refractivity contribution >= 4 is 11.6 Å². The van der Waals surface area contributed by atoms with E-state index >= 15 is 0 Å². The van der Waals surface area contributed by atoms with Crippen LogP contribution in [0.2, 0.25) is 0 Å². The summed E-state index contributed by atoms with van der Waals surface area (Å²) < 4.78 is 63.3. The van der Waals surface area contributed by atoms with Crippen molar-refractivity contribution in [3.8, 4) is 6.01 Å². The fourth-order valence-corrected chi connectivity index (χ4v) is 7.62. The van der Waals surface area contributed by atoms with Gasteiger partial charge in [0.25, 0.3) is 0 Å². The van der Waals surface area contributed by atoms with Crippen LogP contribution in [-0.2, 0) is 19.0 Å². The molecule has 6 rings (SSSR count). The van der Waals surface area contributed by atoms with Crippen LogP contribution < -0.4 is 20.7 Å². The molecule has 3 N–H and O–H groups in total. The van der Waals surface area contributed by atoms with Crippen molar-refractivity contribution in [3.63, 3.8) is 0 Å². The molecule has 0 saturated carbocycles. The lowest BCUT2D eigenvalue weighted by Crippen LogP contribution is -2.43. The van der Waals surface area contributed by atoms with E-state index in [0.717, 1.165) is 50.3 Å². The maximum atomic E-state index is 14.4. The minimum absolute atomic E-state index is 0.0236. The quantitative estimate of drug-likeness (QED) is 0.497. The molecule has 3 aliphatic heterocycles. The third-order valence-electron chi connectivity index (χ3n) is 9.72. The van der Waals surface area contributed by atoms with Crippen LogP contribution >= 0.6 is 0 Å². The zero-order valence-corrected chi connectivity index (χ0v) is 23.9. The number of rotatable bonds is 6. The Morgan fingerprint density at radius 1 is 1.24 bits per heavy atom. The molecule has 12 heteroatoms. The van der Waals surface area contributed by atoms with Gasteiger partial charge in [-0.1, -0.05) is 6.92 Å². The third kappa shape index (κ3) is 5.22. The highest BCUT2D eigenvalue weighted by atomic mass is 19.4. The molecule has 3 fully saturated rings. The average molecular weight is 578 g/mol. The lowest BCUT2D eigenvalue weighted by Gasteiger charge is -2.36. The minimum atomic E-state index is -4.55. The molecule has 0 amide bonds. The van der Waals surface area contributed by atoms with E-state index < -0.39 is 23.8 Å². The molecule has 0 radical (unpaired) electrons. The van der Waals surface area contributed by atoms with Crippen LogP contribution in [-0.4, -0.2) is 77.4 Å². The standard InChI is InChI=1S/C29H39F4N7O/c1-16-9-21-22(11-20(16)25-24(29(31,32)33)17(2)10-23(34)37-25)36-27(38-26(21)39(3)19-5-7-35-13-19)41-15-28-6-4-8-40(28)14-18(30)12-28/h10,16,18-20,35H,4-9,11-15H2,1-3H3,(H2,34,37)/t16-,18-,19-,20-,28+/m1/s1. The number of halogens is 4. The molecule has 0 unspecified atom stereocenters. The summed E-state index contributed by atoms with van der Waals surface area (Å²) in [6.45, 7) is 6.68. The number of nitrogens with two attached hydrogens (primary N) is 1. The Balaban J connectivity index is 1.37. The van der Waals surface area contributed by atoms with Crippen molar-refractivity contribution < 1.29 is 22.3 Å². The van der Waals surface area contributed by atoms with Crippen molar-refractivity contribution in [3.05, 3.63) is 34.1 Å². The van der Waals surface area contributed by atoms with Gasteiger partial charge in [-0.15, -0.1) is 0 Å². The number of hydrogen-bond acceptors (Lipinski definition) is 8. The van der Waals surface area contributed by atoms with E-state index in [0.29, 0.717) is 25.1 Å². The van der Waals surface area contributed by atoms with Crippen molar-refractivity contribution in [2.24, 2.45) is 5.92 Å². The first-order valence-corrected chi connectivity index (χ1v) is 14.6. The SMILES string of the molecule is Cc1cc(N)nc([C@@H]2Cc3nc(OC[C@@]45CCCN4C[C@H](F)C5)nc(N(C)[C@@H]4CCNC4)c3C[C@H]2C)c1C(F)(F)F. The van der Waals surface area contributed by atoms with Crippen LogP contribution in [0.3, 0.4) is 0 Å². The number of ether oxygens (including phenoxy) is 1. The Morgan fingerprint density at radius 3 is 2.78 bits per heavy atom. The van der Waals surface area contributed by atoms with Crippen LogP contribution in [0.1, 0.15) is 66.6 Å². The van der Waals surface area contributed by atoms with E-state index in [1.165, 1.54) is 13.0 Å². The van der Waals surface area contributed by atoms with E-state index in [1.807, 2.05) is 14.0 Å². The molecule has 5 heterocycles. The van der Waals surface area contributed by atoms with E-state index in [-0.39, 0.29) is 53.6 Å². The Bertz CT molecular complexity index is 1300. The third-order valence-corrected chi connectivity index (χ3v) is 9.72. The summed E-state index contributed by atoms with van der Waals surface area (Å²) >= 11 is 0. The van der Waals surface area contributed by atoms with Gasteiger partial charge in [-0.25, -0.2) is 9.37 Å². The number of nitrogens with one attached hydrogen (secondary N) is 1. The van der Waals surface area contributed by atoms with Gasteiger partial charge in [-0.3, -0.25) is 4.90 Å². The van der Waals surface area contributed by atoms with Gasteiger partial charge in [-0.2, -0.15) is 23.1 Å². The van der Waals surface area contributed by atoms with Gasteiger partial charge in [0.05, 0.1) is 22.5 Å². The number of pyridine rings is 1. The first-order valence-electron chi connectivity index (χ1n) is 14.6. The maximum Gasteiger partial charge on any atom is 0.418 e. The van der Waals surface area contributed by atoms with E-state index in [4.69, 9.17) is 20.4 Å². The highest BCUT2D eigenvalue weighted by molar-refractivity contribution is 5.53. The summed E-state index contributed by atoms with van der Waals surface area (Å²) in [5.41, 5.74) is 6.55. The largest absolute Gasteiger partial charge is 0.461 e. The second-order valence-electron chi connectivity index (χ2n) is 12.5. The van der Waals surface area contributed by atoms with Crippen LogP contribution in [0.5, 0.6) is 6.01 Å². The molecule has 224 valence electrons. The number of likely N-dealkylation sites (N-methyl/N-ethyl adjacent to an activating group) is 1. The molecule has 41 heavy (non-hydrogen) atoms. The smallest absolute Gasteiger partial charge is 0.418 e. The molecule has 0 aromatic carbocycles. The number of aromatic nitrogens is 3. The summed E-state index contributed by atoms with van der Waals surface area (Å²) in [6, 6.07) is 1.71. The fourth-order valence-electron chi connectivity index (χ4n) is 7.62. The summed E-state index contributed by atoms with van der Waals surface area (Å²) in [5, 5.41) is 3.39. The summed E-state index contributed by atoms with van der Waals surface area (Å²) in [5.74, 6) is 0.161. The Hall–Kier alpha value is -2.73. The number of nitrogen functional groups attached to an aromatic ring is 1. The van der Waals surface area contributed by atoms with Crippen LogP contribution in [0.4, 0.5) is 29.2 Å². The number of hydrogen-bond donors (Lipinski definition) is 2. The minimum Gasteiger partial charge on any atom is -0.461 e. The fraction of sp³-hybridized carbons (Fsp3) is 0.690. The molecule has 2 aromatic rings. The van der Waals surface area contributed by atoms with Crippen molar-refractivity contribution in [2.75, 3.05) is 50.5 Å². The van der Waals surface area contributed by atoms with Gasteiger partial charge >= 0.3 is 12.2 Å². The van der Waals surface area contributed by atoms with Gasteiger partial charge in [-0.05, 0) is 69.7 Å². The summed E-state index contributed by atoms with van der Waals surface area (Å²) in [4.78, 5) is 18.2. The molecule has 0 bridgehead atoms. The van der Waals surface area contributed by atoms with Crippen molar-refractivity contribution in [1.29, 1.82) is 0 Å². The van der Waals surface area contributed by atoms with Gasteiger partial charge in [0.15, 0.2) is 0 Å². The average Bonchev–Trinajstić information content (AvgIpc) is 3.62. The zero-order chi connectivity index (χ0) is 29.1. The van der Waals surface area contributed by atoms with Crippen molar-refractivity contribution in [1.82, 2.24) is 25.2 Å². The molecule has 1 aliphatic carbocycles. The molecule has 0 spiro atoms. The maximum absolute atomic E-state index is 14.4. The van der Waals surface area contributed by atoms with Crippen LogP contribution in [0, 0.1) is 12.8 Å². The zero-order valence-electron chi connectivity index (χ0n) is 23.9. The Kier molecular flexibility index (Phi) is 7.28. The molecule has 4 aliphatic rings. The topological polar surface area (TPSA) is 92.4 Å². The first-order chi connectivity index (χ1) is 19.4.